The van der Waals surface area contributed by atoms with Crippen molar-refractivity contribution in [1.82, 2.24) is 25.0 Å². The molecule has 0 atom stereocenters. The molecule has 10 heteroatoms. The Bertz CT molecular complexity index is 1410. The molecule has 2 heterocycles. The molecule has 2 N–H and O–H groups in total. The van der Waals surface area contributed by atoms with Crippen LogP contribution in [0.5, 0.6) is 5.75 Å². The lowest BCUT2D eigenvalue weighted by atomic mass is 10.1. The number of nitrogens with one attached hydrogen (secondary N) is 1. The van der Waals surface area contributed by atoms with Crippen LogP contribution in [0.2, 0.25) is 0 Å². The highest BCUT2D eigenvalue weighted by atomic mass is 16.5. The number of unbranched alkanes of at least 4 members (excludes halogenated alkanes) is 2. The maximum absolute atomic E-state index is 12.1. The maximum Gasteiger partial charge on any atom is 0.310 e. The molecule has 200 valence electrons. The summed E-state index contributed by atoms with van der Waals surface area (Å²) in [6.07, 6.45) is 4.87. The van der Waals surface area contributed by atoms with Crippen LogP contribution in [-0.4, -0.2) is 50.9 Å². The third kappa shape index (κ3) is 6.20. The van der Waals surface area contributed by atoms with Crippen molar-refractivity contribution >= 4 is 22.8 Å². The van der Waals surface area contributed by atoms with Gasteiger partial charge in [-0.15, -0.1) is 5.10 Å². The van der Waals surface area contributed by atoms with Crippen LogP contribution in [0.4, 0.5) is 0 Å². The molecule has 0 bridgehead atoms. The van der Waals surface area contributed by atoms with Gasteiger partial charge in [-0.2, -0.15) is 0 Å². The van der Waals surface area contributed by atoms with Crippen LogP contribution in [0.15, 0.2) is 48.7 Å². The number of aromatic nitrogens is 4. The number of aryl methyl sites for hydroxylation is 1. The van der Waals surface area contributed by atoms with Crippen LogP contribution in [0.1, 0.15) is 42.5 Å². The van der Waals surface area contributed by atoms with Crippen LogP contribution in [0, 0.1) is 6.92 Å². The number of hydrogen-bond donors (Lipinski definition) is 2. The smallest absolute Gasteiger partial charge is 0.310 e. The summed E-state index contributed by atoms with van der Waals surface area (Å²) in [4.78, 5) is 23.2. The second-order valence-corrected chi connectivity index (χ2v) is 9.20. The third-order valence-electron chi connectivity index (χ3n) is 6.75. The summed E-state index contributed by atoms with van der Waals surface area (Å²) in [5, 5.41) is 18.0. The Morgan fingerprint density at radius 1 is 1.05 bits per heavy atom. The van der Waals surface area contributed by atoms with Crippen molar-refractivity contribution in [3.05, 3.63) is 65.5 Å². The number of methoxy groups -OCH3 is 2. The zero-order chi connectivity index (χ0) is 27.1. The number of hydroxylamine groups is 1. The monoisotopic (exact) mass is 519 g/mol. The number of esters is 1. The number of carbonyl (C=O) groups is 2. The average Bonchev–Trinajstić information content (AvgIpc) is 3.51. The fourth-order valence-corrected chi connectivity index (χ4v) is 4.60. The number of carbonyl (C=O) groups excluding carboxylic acids is 2. The first-order valence-corrected chi connectivity index (χ1v) is 12.6. The van der Waals surface area contributed by atoms with Gasteiger partial charge in [0.05, 0.1) is 26.8 Å². The quantitative estimate of drug-likeness (QED) is 0.125. The van der Waals surface area contributed by atoms with Gasteiger partial charge in [0, 0.05) is 41.7 Å². The minimum absolute atomic E-state index is 0.200. The Morgan fingerprint density at radius 2 is 1.84 bits per heavy atom. The van der Waals surface area contributed by atoms with Gasteiger partial charge < -0.3 is 14.0 Å². The van der Waals surface area contributed by atoms with E-state index in [1.165, 1.54) is 7.11 Å². The lowest BCUT2D eigenvalue weighted by molar-refractivity contribution is -0.139. The number of ether oxygens (including phenoxy) is 2. The lowest BCUT2D eigenvalue weighted by Gasteiger charge is -2.10. The van der Waals surface area contributed by atoms with E-state index in [1.54, 1.807) is 12.6 Å². The molecule has 2 aromatic heterocycles. The van der Waals surface area contributed by atoms with Crippen molar-refractivity contribution in [2.24, 2.45) is 0 Å². The molecule has 0 saturated carbocycles. The minimum atomic E-state index is -0.363. The Kier molecular flexibility index (Phi) is 8.75. The zero-order valence-corrected chi connectivity index (χ0v) is 21.9. The molecule has 38 heavy (non-hydrogen) atoms. The highest BCUT2D eigenvalue weighted by Gasteiger charge is 2.18. The van der Waals surface area contributed by atoms with E-state index in [9.17, 15) is 9.59 Å². The number of nitrogens with zero attached hydrogens (tertiary/aromatic N) is 4. The minimum Gasteiger partial charge on any atom is -0.497 e. The Morgan fingerprint density at radius 3 is 2.55 bits per heavy atom. The van der Waals surface area contributed by atoms with E-state index in [0.29, 0.717) is 25.9 Å². The first kappa shape index (κ1) is 26.9. The number of benzene rings is 2. The molecule has 4 aromatic rings. The van der Waals surface area contributed by atoms with E-state index >= 15 is 0 Å². The van der Waals surface area contributed by atoms with Gasteiger partial charge in [0.25, 0.3) is 0 Å². The standard InChI is InChI=1S/C28H33N5O5/c1-19-23(16-28(35)38-3)24-15-22(37-2)12-13-26(24)33(19)17-20-8-10-21(11-9-20)25-18-32(31-29-25)14-6-4-5-7-27(34)30-36/h8-13,15,18,36H,4-7,14,16-17H2,1-3H3,(H,30,34). The lowest BCUT2D eigenvalue weighted by Crippen LogP contribution is -2.17. The summed E-state index contributed by atoms with van der Waals surface area (Å²) < 4.78 is 14.4. The van der Waals surface area contributed by atoms with Gasteiger partial charge in [-0.25, -0.2) is 5.48 Å². The predicted octanol–water partition coefficient (Wildman–Crippen LogP) is 4.05. The Labute approximate surface area is 221 Å². The molecule has 0 aliphatic rings. The molecule has 10 nitrogen and oxygen atoms in total. The topological polar surface area (TPSA) is 120 Å². The number of rotatable bonds is 12. The van der Waals surface area contributed by atoms with E-state index in [0.717, 1.165) is 57.6 Å². The molecule has 0 saturated heterocycles. The SMILES string of the molecule is COC(=O)Cc1c(C)n(Cc2ccc(-c3cn(CCCCCC(=O)NO)nn3)cc2)c2ccc(OC)cc12. The van der Waals surface area contributed by atoms with Crippen molar-refractivity contribution in [3.8, 4) is 17.0 Å². The van der Waals surface area contributed by atoms with Crippen molar-refractivity contribution in [2.45, 2.75) is 52.1 Å². The highest BCUT2D eigenvalue weighted by Crippen LogP contribution is 2.31. The van der Waals surface area contributed by atoms with Crippen molar-refractivity contribution in [1.29, 1.82) is 0 Å². The Balaban J connectivity index is 1.46. The largest absolute Gasteiger partial charge is 0.497 e. The maximum atomic E-state index is 12.1. The summed E-state index contributed by atoms with van der Waals surface area (Å²) in [5.74, 6) is 0.104. The molecular weight excluding hydrogens is 486 g/mol. The fraction of sp³-hybridized carbons (Fsp3) is 0.357. The summed E-state index contributed by atoms with van der Waals surface area (Å²) in [6, 6.07) is 14.2. The number of fused-ring (bicyclic) bond motifs is 1. The second-order valence-electron chi connectivity index (χ2n) is 9.20. The van der Waals surface area contributed by atoms with Gasteiger partial charge in [0.1, 0.15) is 11.4 Å². The van der Waals surface area contributed by atoms with E-state index in [-0.39, 0.29) is 18.3 Å². The van der Waals surface area contributed by atoms with Gasteiger partial charge in [-0.05, 0) is 49.1 Å². The molecule has 0 aliphatic carbocycles. The van der Waals surface area contributed by atoms with E-state index in [1.807, 2.05) is 48.1 Å². The number of hydrogen-bond acceptors (Lipinski definition) is 7. The molecule has 0 aliphatic heterocycles. The molecule has 2 aromatic carbocycles. The zero-order valence-electron chi connectivity index (χ0n) is 21.9. The van der Waals surface area contributed by atoms with Gasteiger partial charge in [0.15, 0.2) is 0 Å². The molecule has 0 fully saturated rings. The first-order chi connectivity index (χ1) is 18.4. The average molecular weight is 520 g/mol. The summed E-state index contributed by atoms with van der Waals surface area (Å²) in [7, 11) is 3.03. The van der Waals surface area contributed by atoms with Crippen molar-refractivity contribution in [2.75, 3.05) is 14.2 Å². The van der Waals surface area contributed by atoms with Crippen LogP contribution >= 0.6 is 0 Å². The molecule has 0 radical (unpaired) electrons. The molecule has 0 spiro atoms. The molecule has 0 unspecified atom stereocenters. The highest BCUT2D eigenvalue weighted by molar-refractivity contribution is 5.90. The van der Waals surface area contributed by atoms with Crippen LogP contribution < -0.4 is 10.2 Å². The molecule has 4 rings (SSSR count). The van der Waals surface area contributed by atoms with Gasteiger partial charge in [-0.1, -0.05) is 35.9 Å². The van der Waals surface area contributed by atoms with E-state index in [4.69, 9.17) is 14.7 Å². The summed E-state index contributed by atoms with van der Waals surface area (Å²) in [5.41, 5.74) is 7.53. The fourth-order valence-electron chi connectivity index (χ4n) is 4.60. The second kappa shape index (κ2) is 12.4. The van der Waals surface area contributed by atoms with Gasteiger partial charge in [-0.3, -0.25) is 19.5 Å². The Hall–Kier alpha value is -4.18. The van der Waals surface area contributed by atoms with Crippen molar-refractivity contribution < 1.29 is 24.3 Å². The third-order valence-corrected chi connectivity index (χ3v) is 6.75. The normalized spacial score (nSPS) is 11.1. The van der Waals surface area contributed by atoms with Gasteiger partial charge in [0.2, 0.25) is 5.91 Å². The summed E-state index contributed by atoms with van der Waals surface area (Å²) in [6.45, 7) is 3.39. The predicted molar refractivity (Wildman–Crippen MR) is 142 cm³/mol. The van der Waals surface area contributed by atoms with Crippen LogP contribution in [-0.2, 0) is 33.8 Å². The summed E-state index contributed by atoms with van der Waals surface area (Å²) >= 11 is 0. The molecular formula is C28H33N5O5. The van der Waals surface area contributed by atoms with Crippen LogP contribution in [0.3, 0.4) is 0 Å². The van der Waals surface area contributed by atoms with E-state index < -0.39 is 0 Å². The molecule has 1 amide bonds. The van der Waals surface area contributed by atoms with E-state index in [2.05, 4.69) is 27.0 Å². The van der Waals surface area contributed by atoms with Gasteiger partial charge >= 0.3 is 5.97 Å². The van der Waals surface area contributed by atoms with Crippen LogP contribution in [0.25, 0.3) is 22.2 Å². The number of amides is 1. The first-order valence-electron chi connectivity index (χ1n) is 12.6. The van der Waals surface area contributed by atoms with Crippen molar-refractivity contribution in [3.63, 3.8) is 0 Å².